The molecule has 0 saturated heterocycles. The van der Waals surface area contributed by atoms with Crippen LogP contribution in [0.4, 0.5) is 0 Å². The molecule has 2 rings (SSSR count). The van der Waals surface area contributed by atoms with Crippen molar-refractivity contribution in [2.24, 2.45) is 17.6 Å². The number of rotatable bonds is 10. The molecule has 0 amide bonds. The molecule has 0 heterocycles. The summed E-state index contributed by atoms with van der Waals surface area (Å²) in [6.45, 7) is 3.38. The van der Waals surface area contributed by atoms with E-state index in [9.17, 15) is 9.59 Å². The molecule has 1 fully saturated rings. The molecule has 1 aromatic rings. The van der Waals surface area contributed by atoms with Gasteiger partial charge in [-0.05, 0) is 56.6 Å². The number of esters is 1. The summed E-state index contributed by atoms with van der Waals surface area (Å²) >= 11 is 0. The van der Waals surface area contributed by atoms with Gasteiger partial charge in [-0.25, -0.2) is 0 Å². The third-order valence-corrected chi connectivity index (χ3v) is 5.42. The predicted octanol–water partition coefficient (Wildman–Crippen LogP) is 4.30. The molecule has 0 spiro atoms. The van der Waals surface area contributed by atoms with Gasteiger partial charge >= 0.3 is 5.97 Å². The molecule has 0 bridgehead atoms. The van der Waals surface area contributed by atoms with Gasteiger partial charge in [-0.1, -0.05) is 44.0 Å². The van der Waals surface area contributed by atoms with E-state index >= 15 is 0 Å². The standard InChI is InChI=1S/C22H33NO3/c1-2-3-4-15-26-21(24)14-9-17-5-10-19(11-6-17)22(25)20-12-7-18(16-23)8-13-20/h5-6,10-11,18,20H,2-4,7-9,12-16,23H2,1H3. The van der Waals surface area contributed by atoms with E-state index in [1.54, 1.807) is 0 Å². The molecule has 4 heteroatoms. The summed E-state index contributed by atoms with van der Waals surface area (Å²) in [7, 11) is 0. The first-order chi connectivity index (χ1) is 12.6. The fourth-order valence-electron chi connectivity index (χ4n) is 3.59. The van der Waals surface area contributed by atoms with Crippen LogP contribution in [-0.2, 0) is 16.0 Å². The van der Waals surface area contributed by atoms with Crippen LogP contribution in [0.25, 0.3) is 0 Å². The van der Waals surface area contributed by atoms with E-state index in [2.05, 4.69) is 6.92 Å². The smallest absolute Gasteiger partial charge is 0.306 e. The summed E-state index contributed by atoms with van der Waals surface area (Å²) in [4.78, 5) is 24.4. The normalized spacial score (nSPS) is 19.9. The lowest BCUT2D eigenvalue weighted by atomic mass is 9.78. The number of benzene rings is 1. The summed E-state index contributed by atoms with van der Waals surface area (Å²) in [5.41, 5.74) is 7.58. The van der Waals surface area contributed by atoms with Crippen LogP contribution in [0.5, 0.6) is 0 Å². The Bertz CT molecular complexity index is 559. The molecular formula is C22H33NO3. The van der Waals surface area contributed by atoms with Gasteiger partial charge in [0.05, 0.1) is 6.61 Å². The Morgan fingerprint density at radius 2 is 1.77 bits per heavy atom. The molecule has 0 aliphatic heterocycles. The SMILES string of the molecule is CCCCCOC(=O)CCc1ccc(C(=O)C2CCC(CN)CC2)cc1. The molecule has 1 aliphatic rings. The van der Waals surface area contributed by atoms with Gasteiger partial charge in [-0.15, -0.1) is 0 Å². The van der Waals surface area contributed by atoms with Crippen molar-refractivity contribution in [1.82, 2.24) is 0 Å². The Kier molecular flexibility index (Phi) is 8.82. The third-order valence-electron chi connectivity index (χ3n) is 5.42. The van der Waals surface area contributed by atoms with Crippen LogP contribution in [0.2, 0.25) is 0 Å². The molecule has 2 N–H and O–H groups in total. The molecule has 0 radical (unpaired) electrons. The third kappa shape index (κ3) is 6.56. The molecule has 1 saturated carbocycles. The van der Waals surface area contributed by atoms with Crippen molar-refractivity contribution < 1.29 is 14.3 Å². The van der Waals surface area contributed by atoms with E-state index in [1.807, 2.05) is 24.3 Å². The highest BCUT2D eigenvalue weighted by atomic mass is 16.5. The van der Waals surface area contributed by atoms with E-state index in [-0.39, 0.29) is 17.7 Å². The molecule has 26 heavy (non-hydrogen) atoms. The molecule has 0 atom stereocenters. The first-order valence-electron chi connectivity index (χ1n) is 10.1. The van der Waals surface area contributed by atoms with Gasteiger partial charge < -0.3 is 10.5 Å². The summed E-state index contributed by atoms with van der Waals surface area (Å²) < 4.78 is 5.22. The molecule has 144 valence electrons. The highest BCUT2D eigenvalue weighted by Gasteiger charge is 2.26. The maximum absolute atomic E-state index is 12.6. The average molecular weight is 360 g/mol. The second kappa shape index (κ2) is 11.1. The average Bonchev–Trinajstić information content (AvgIpc) is 2.69. The lowest BCUT2D eigenvalue weighted by Crippen LogP contribution is -2.25. The van der Waals surface area contributed by atoms with Gasteiger partial charge in [0, 0.05) is 17.9 Å². The van der Waals surface area contributed by atoms with Gasteiger partial charge in [0.15, 0.2) is 5.78 Å². The van der Waals surface area contributed by atoms with Crippen LogP contribution in [0.15, 0.2) is 24.3 Å². The molecular weight excluding hydrogens is 326 g/mol. The van der Waals surface area contributed by atoms with E-state index in [0.717, 1.165) is 62.6 Å². The number of carbonyl (C=O) groups excluding carboxylic acids is 2. The van der Waals surface area contributed by atoms with Gasteiger partial charge in [-0.2, -0.15) is 0 Å². The number of carbonyl (C=O) groups is 2. The van der Waals surface area contributed by atoms with Gasteiger partial charge in [0.25, 0.3) is 0 Å². The molecule has 1 aromatic carbocycles. The first kappa shape index (κ1) is 20.6. The second-order valence-electron chi connectivity index (χ2n) is 7.44. The summed E-state index contributed by atoms with van der Waals surface area (Å²) in [6, 6.07) is 7.73. The number of nitrogens with two attached hydrogens (primary N) is 1. The number of aryl methyl sites for hydroxylation is 1. The lowest BCUT2D eigenvalue weighted by Gasteiger charge is -2.26. The van der Waals surface area contributed by atoms with Crippen molar-refractivity contribution in [2.45, 2.75) is 64.7 Å². The Morgan fingerprint density at radius 1 is 1.08 bits per heavy atom. The molecule has 0 unspecified atom stereocenters. The van der Waals surface area contributed by atoms with Gasteiger partial charge in [0.1, 0.15) is 0 Å². The van der Waals surface area contributed by atoms with Crippen molar-refractivity contribution in [3.63, 3.8) is 0 Å². The monoisotopic (exact) mass is 359 g/mol. The van der Waals surface area contributed by atoms with Crippen LogP contribution >= 0.6 is 0 Å². The Hall–Kier alpha value is -1.68. The second-order valence-corrected chi connectivity index (χ2v) is 7.44. The summed E-state index contributed by atoms with van der Waals surface area (Å²) in [5.74, 6) is 0.838. The zero-order valence-corrected chi connectivity index (χ0v) is 16.0. The number of ketones is 1. The lowest BCUT2D eigenvalue weighted by molar-refractivity contribution is -0.143. The molecule has 4 nitrogen and oxygen atoms in total. The van der Waals surface area contributed by atoms with Crippen molar-refractivity contribution in [3.8, 4) is 0 Å². The van der Waals surface area contributed by atoms with E-state index in [1.165, 1.54) is 0 Å². The fourth-order valence-corrected chi connectivity index (χ4v) is 3.59. The number of ether oxygens (including phenoxy) is 1. The van der Waals surface area contributed by atoms with Crippen molar-refractivity contribution in [3.05, 3.63) is 35.4 Å². The van der Waals surface area contributed by atoms with E-state index in [4.69, 9.17) is 10.5 Å². The highest BCUT2D eigenvalue weighted by molar-refractivity contribution is 5.97. The van der Waals surface area contributed by atoms with Crippen LogP contribution in [-0.4, -0.2) is 24.9 Å². The first-order valence-corrected chi connectivity index (χ1v) is 10.1. The van der Waals surface area contributed by atoms with Crippen molar-refractivity contribution in [1.29, 1.82) is 0 Å². The minimum absolute atomic E-state index is 0.141. The Balaban J connectivity index is 1.75. The van der Waals surface area contributed by atoms with Gasteiger partial charge in [0.2, 0.25) is 0 Å². The number of hydrogen-bond donors (Lipinski definition) is 1. The minimum atomic E-state index is -0.141. The number of hydrogen-bond acceptors (Lipinski definition) is 4. The largest absolute Gasteiger partial charge is 0.466 e. The fraction of sp³-hybridized carbons (Fsp3) is 0.636. The zero-order valence-electron chi connectivity index (χ0n) is 16.0. The Labute approximate surface area is 157 Å². The summed E-state index contributed by atoms with van der Waals surface area (Å²) in [6.07, 6.45) is 8.22. The van der Waals surface area contributed by atoms with Crippen molar-refractivity contribution >= 4 is 11.8 Å². The quantitative estimate of drug-likeness (QED) is 0.384. The maximum Gasteiger partial charge on any atom is 0.306 e. The van der Waals surface area contributed by atoms with Crippen LogP contribution < -0.4 is 5.73 Å². The molecule has 0 aromatic heterocycles. The van der Waals surface area contributed by atoms with Crippen LogP contribution in [0, 0.1) is 11.8 Å². The Morgan fingerprint density at radius 3 is 2.38 bits per heavy atom. The molecule has 1 aliphatic carbocycles. The van der Waals surface area contributed by atoms with Crippen LogP contribution in [0.1, 0.15) is 74.2 Å². The van der Waals surface area contributed by atoms with E-state index in [0.29, 0.717) is 25.4 Å². The minimum Gasteiger partial charge on any atom is -0.466 e. The maximum atomic E-state index is 12.6. The number of Topliss-reactive ketones (excluding diaryl/α,β-unsaturated/α-hetero) is 1. The van der Waals surface area contributed by atoms with Gasteiger partial charge in [-0.3, -0.25) is 9.59 Å². The van der Waals surface area contributed by atoms with Crippen molar-refractivity contribution in [2.75, 3.05) is 13.2 Å². The topological polar surface area (TPSA) is 69.4 Å². The highest BCUT2D eigenvalue weighted by Crippen LogP contribution is 2.30. The number of unbranched alkanes of at least 4 members (excludes halogenated alkanes) is 2. The predicted molar refractivity (Wildman–Crippen MR) is 104 cm³/mol. The van der Waals surface area contributed by atoms with E-state index < -0.39 is 0 Å². The summed E-state index contributed by atoms with van der Waals surface area (Å²) in [5, 5.41) is 0. The zero-order chi connectivity index (χ0) is 18.8. The van der Waals surface area contributed by atoms with Crippen LogP contribution in [0.3, 0.4) is 0 Å².